The minimum absolute atomic E-state index is 0.230. The average Bonchev–Trinajstić information content (AvgIpc) is 2.36. The van der Waals surface area contributed by atoms with E-state index in [1.165, 1.54) is 12.1 Å². The summed E-state index contributed by atoms with van der Waals surface area (Å²) in [6.07, 6.45) is 0.460. The molecule has 1 aromatic carbocycles. The first-order valence-corrected chi connectivity index (χ1v) is 9.38. The van der Waals surface area contributed by atoms with Gasteiger partial charge in [-0.1, -0.05) is 26.0 Å². The van der Waals surface area contributed by atoms with Crippen molar-refractivity contribution in [1.29, 1.82) is 0 Å². The normalized spacial score (nSPS) is 13.5. The predicted octanol–water partition coefficient (Wildman–Crippen LogP) is 2.54. The highest BCUT2D eigenvalue weighted by Gasteiger charge is 2.36. The first-order chi connectivity index (χ1) is 8.58. The molecule has 0 fully saturated rings. The Balaban J connectivity index is 3.25. The Labute approximate surface area is 111 Å². The van der Waals surface area contributed by atoms with E-state index >= 15 is 0 Å². The Bertz CT molecular complexity index is 586. The second-order valence-corrected chi connectivity index (χ2v) is 9.43. The van der Waals surface area contributed by atoms with Crippen LogP contribution < -0.4 is 0 Å². The maximum Gasteiger partial charge on any atom is 0.444 e. The smallest absolute Gasteiger partial charge is 0.313 e. The molecule has 0 radical (unpaired) electrons. The Hall–Kier alpha value is -0.750. The average molecular weight is 310 g/mol. The fourth-order valence-electron chi connectivity index (χ4n) is 1.72. The molecule has 0 bridgehead atoms. The van der Waals surface area contributed by atoms with Crippen molar-refractivity contribution in [2.75, 3.05) is 0 Å². The summed E-state index contributed by atoms with van der Waals surface area (Å²) in [6.45, 7) is -1.94. The van der Waals surface area contributed by atoms with Crippen molar-refractivity contribution in [3.63, 3.8) is 0 Å². The molecule has 2 N–H and O–H groups in total. The van der Waals surface area contributed by atoms with Gasteiger partial charge in [-0.3, -0.25) is 0 Å². The second kappa shape index (κ2) is 5.32. The third-order valence-electron chi connectivity index (χ3n) is 3.10. The molecule has 0 amide bonds. The van der Waals surface area contributed by atoms with Gasteiger partial charge >= 0.3 is 6.80 Å². The molecular weight excluding hydrogens is 294 g/mol. The molecule has 108 valence electrons. The Morgan fingerprint density at radius 2 is 1.58 bits per heavy atom. The van der Waals surface area contributed by atoms with Gasteiger partial charge in [-0.15, -0.1) is 0 Å². The van der Waals surface area contributed by atoms with Crippen molar-refractivity contribution < 1.29 is 27.2 Å². The van der Waals surface area contributed by atoms with Crippen molar-refractivity contribution in [3.05, 3.63) is 29.8 Å². The minimum atomic E-state index is -5.28. The van der Waals surface area contributed by atoms with E-state index in [-0.39, 0.29) is 12.8 Å². The van der Waals surface area contributed by atoms with E-state index in [2.05, 4.69) is 0 Å². The lowest BCUT2D eigenvalue weighted by molar-refractivity contribution is 0.151. The van der Waals surface area contributed by atoms with Gasteiger partial charge in [0.1, 0.15) is 5.67 Å². The zero-order valence-electron chi connectivity index (χ0n) is 10.6. The highest BCUT2D eigenvalue weighted by Crippen LogP contribution is 2.47. The Morgan fingerprint density at radius 3 is 1.89 bits per heavy atom. The summed E-state index contributed by atoms with van der Waals surface area (Å²) in [7, 11) is -4.71. The van der Waals surface area contributed by atoms with Crippen molar-refractivity contribution >= 4 is 16.3 Å². The summed E-state index contributed by atoms with van der Waals surface area (Å²) in [5, 5.41) is 0. The molecule has 0 aliphatic rings. The molecule has 0 aromatic heterocycles. The molecule has 0 saturated heterocycles. The lowest BCUT2D eigenvalue weighted by Crippen LogP contribution is -2.17. The standard InChI is InChI=1S/C11H16FO5PS/c1-3-11(12,4-2)9-5-7-10(8-6-9)19(16,17)18(13,14)15/h5-8H,3-4H2,1-2H3,(H2,13,14,15). The highest BCUT2D eigenvalue weighted by atomic mass is 32.8. The monoisotopic (exact) mass is 310 g/mol. The van der Waals surface area contributed by atoms with Crippen molar-refractivity contribution in [1.82, 2.24) is 0 Å². The third-order valence-corrected chi connectivity index (χ3v) is 7.11. The molecular formula is C11H16FO5PS. The molecule has 8 heteroatoms. The van der Waals surface area contributed by atoms with E-state index in [1.54, 1.807) is 13.8 Å². The van der Waals surface area contributed by atoms with Gasteiger partial charge in [-0.25, -0.2) is 17.4 Å². The zero-order valence-corrected chi connectivity index (χ0v) is 12.3. The van der Waals surface area contributed by atoms with Gasteiger partial charge in [-0.05, 0) is 30.5 Å². The van der Waals surface area contributed by atoms with Crippen LogP contribution in [-0.2, 0) is 19.7 Å². The minimum Gasteiger partial charge on any atom is -0.313 e. The fourth-order valence-corrected chi connectivity index (χ4v) is 3.66. The number of alkyl halides is 1. The molecule has 1 aromatic rings. The summed E-state index contributed by atoms with van der Waals surface area (Å²) in [4.78, 5) is 17.0. The van der Waals surface area contributed by atoms with Crippen molar-refractivity contribution in [2.45, 2.75) is 37.3 Å². The lowest BCUT2D eigenvalue weighted by Gasteiger charge is -2.22. The largest absolute Gasteiger partial charge is 0.444 e. The highest BCUT2D eigenvalue weighted by molar-refractivity contribution is 8.48. The van der Waals surface area contributed by atoms with Crippen LogP contribution in [-0.4, -0.2) is 18.2 Å². The SMILES string of the molecule is CCC(F)(CC)c1ccc(S(=O)(=O)P(=O)(O)O)cc1. The van der Waals surface area contributed by atoms with Crippen molar-refractivity contribution in [3.8, 4) is 0 Å². The molecule has 0 heterocycles. The third kappa shape index (κ3) is 3.05. The molecule has 0 aliphatic carbocycles. The first kappa shape index (κ1) is 16.3. The number of hydrogen-bond acceptors (Lipinski definition) is 3. The van der Waals surface area contributed by atoms with Crippen LogP contribution in [0.4, 0.5) is 4.39 Å². The van der Waals surface area contributed by atoms with Crippen LogP contribution in [0.2, 0.25) is 0 Å². The van der Waals surface area contributed by atoms with E-state index in [0.29, 0.717) is 5.56 Å². The molecule has 0 atom stereocenters. The van der Waals surface area contributed by atoms with Gasteiger partial charge in [-0.2, -0.15) is 0 Å². The summed E-state index contributed by atoms with van der Waals surface area (Å²) < 4.78 is 48.2. The lowest BCUT2D eigenvalue weighted by atomic mass is 9.91. The van der Waals surface area contributed by atoms with Gasteiger partial charge < -0.3 is 9.79 Å². The molecule has 0 spiro atoms. The summed E-state index contributed by atoms with van der Waals surface area (Å²) in [5.74, 6) is 0. The Morgan fingerprint density at radius 1 is 1.16 bits per heavy atom. The Kier molecular flexibility index (Phi) is 4.57. The zero-order chi connectivity index (χ0) is 14.9. The first-order valence-electron chi connectivity index (χ1n) is 5.68. The summed E-state index contributed by atoms with van der Waals surface area (Å²) >= 11 is 0. The van der Waals surface area contributed by atoms with Crippen LogP contribution in [0.25, 0.3) is 0 Å². The van der Waals surface area contributed by atoms with E-state index in [1.807, 2.05) is 0 Å². The van der Waals surface area contributed by atoms with Crippen LogP contribution in [0.15, 0.2) is 29.2 Å². The summed E-state index contributed by atoms with van der Waals surface area (Å²) in [6, 6.07) is 4.53. The quantitative estimate of drug-likeness (QED) is 0.815. The van der Waals surface area contributed by atoms with Crippen LogP contribution in [0, 0.1) is 0 Å². The number of benzene rings is 1. The second-order valence-electron chi connectivity index (χ2n) is 4.16. The molecule has 19 heavy (non-hydrogen) atoms. The van der Waals surface area contributed by atoms with Gasteiger partial charge in [0.15, 0.2) is 0 Å². The molecule has 5 nitrogen and oxygen atoms in total. The molecule has 0 saturated carbocycles. The topological polar surface area (TPSA) is 91.7 Å². The van der Waals surface area contributed by atoms with E-state index in [9.17, 15) is 17.4 Å². The van der Waals surface area contributed by atoms with Gasteiger partial charge in [0.25, 0.3) is 9.46 Å². The van der Waals surface area contributed by atoms with Crippen LogP contribution >= 0.6 is 6.80 Å². The van der Waals surface area contributed by atoms with Crippen LogP contribution in [0.5, 0.6) is 0 Å². The van der Waals surface area contributed by atoms with E-state index in [4.69, 9.17) is 9.79 Å². The van der Waals surface area contributed by atoms with Crippen LogP contribution in [0.3, 0.4) is 0 Å². The van der Waals surface area contributed by atoms with E-state index in [0.717, 1.165) is 12.1 Å². The van der Waals surface area contributed by atoms with Gasteiger partial charge in [0, 0.05) is 0 Å². The van der Waals surface area contributed by atoms with Crippen molar-refractivity contribution in [2.24, 2.45) is 0 Å². The summed E-state index contributed by atoms with van der Waals surface area (Å²) in [5.41, 5.74) is -1.27. The van der Waals surface area contributed by atoms with Gasteiger partial charge in [0.2, 0.25) is 0 Å². The maximum absolute atomic E-state index is 14.3. The molecule has 0 aliphatic heterocycles. The fraction of sp³-hybridized carbons (Fsp3) is 0.455. The number of hydrogen-bond donors (Lipinski definition) is 2. The number of rotatable bonds is 5. The predicted molar refractivity (Wildman–Crippen MR) is 69.0 cm³/mol. The van der Waals surface area contributed by atoms with E-state index < -0.39 is 26.8 Å². The van der Waals surface area contributed by atoms with Crippen LogP contribution in [0.1, 0.15) is 32.3 Å². The van der Waals surface area contributed by atoms with Gasteiger partial charge in [0.05, 0.1) is 4.90 Å². The number of halogens is 1. The maximum atomic E-state index is 14.3. The molecule has 0 unspecified atom stereocenters. The molecule has 1 rings (SSSR count).